The number of hydrogen-bond donors (Lipinski definition) is 3. The van der Waals surface area contributed by atoms with Crippen molar-refractivity contribution in [3.63, 3.8) is 0 Å². The molecule has 1 amide bonds. The zero-order chi connectivity index (χ0) is 18.8. The van der Waals surface area contributed by atoms with Gasteiger partial charge in [-0.25, -0.2) is 4.99 Å². The van der Waals surface area contributed by atoms with Crippen molar-refractivity contribution >= 4 is 17.6 Å². The van der Waals surface area contributed by atoms with Gasteiger partial charge in [-0.15, -0.1) is 0 Å². The number of hydrogen-bond acceptors (Lipinski definition) is 3. The molecular formula is C19H28N6O. The number of guanidine groups is 1. The molecule has 0 radical (unpaired) electrons. The fourth-order valence-corrected chi connectivity index (χ4v) is 2.30. The molecule has 7 nitrogen and oxygen atoms in total. The van der Waals surface area contributed by atoms with E-state index in [4.69, 9.17) is 0 Å². The van der Waals surface area contributed by atoms with Gasteiger partial charge in [0, 0.05) is 31.2 Å². The van der Waals surface area contributed by atoms with Crippen molar-refractivity contribution in [3.05, 3.63) is 48.3 Å². The highest BCUT2D eigenvalue weighted by molar-refractivity contribution is 5.90. The van der Waals surface area contributed by atoms with Crippen molar-refractivity contribution in [1.82, 2.24) is 20.4 Å². The van der Waals surface area contributed by atoms with E-state index in [2.05, 4.69) is 39.9 Å². The van der Waals surface area contributed by atoms with E-state index < -0.39 is 0 Å². The predicted molar refractivity (Wildman–Crippen MR) is 105 cm³/mol. The molecule has 0 spiro atoms. The average molecular weight is 356 g/mol. The lowest BCUT2D eigenvalue weighted by Crippen LogP contribution is -2.39. The quantitative estimate of drug-likeness (QED) is 0.500. The van der Waals surface area contributed by atoms with Crippen LogP contribution in [0, 0.1) is 5.92 Å². The summed E-state index contributed by atoms with van der Waals surface area (Å²) in [5.74, 6) is 1.24. The van der Waals surface area contributed by atoms with E-state index in [-0.39, 0.29) is 12.5 Å². The summed E-state index contributed by atoms with van der Waals surface area (Å²) in [4.78, 5) is 16.7. The maximum Gasteiger partial charge on any atom is 0.246 e. The third-order valence-corrected chi connectivity index (χ3v) is 3.52. The number of nitrogens with one attached hydrogen (secondary N) is 3. The van der Waals surface area contributed by atoms with E-state index in [0.717, 1.165) is 30.3 Å². The van der Waals surface area contributed by atoms with Gasteiger partial charge in [-0.05, 0) is 36.6 Å². The Hall–Kier alpha value is -2.83. The molecule has 1 heterocycles. The summed E-state index contributed by atoms with van der Waals surface area (Å²) in [6, 6.07) is 9.52. The fraction of sp³-hybridized carbons (Fsp3) is 0.421. The monoisotopic (exact) mass is 356 g/mol. The third-order valence-electron chi connectivity index (χ3n) is 3.52. The van der Waals surface area contributed by atoms with Crippen LogP contribution in [0.1, 0.15) is 26.3 Å². The molecule has 0 unspecified atom stereocenters. The van der Waals surface area contributed by atoms with Gasteiger partial charge in [0.25, 0.3) is 0 Å². The maximum atomic E-state index is 12.1. The smallest absolute Gasteiger partial charge is 0.246 e. The van der Waals surface area contributed by atoms with Crippen LogP contribution in [0.4, 0.5) is 5.69 Å². The molecule has 3 N–H and O–H groups in total. The Balaban J connectivity index is 1.94. The van der Waals surface area contributed by atoms with Gasteiger partial charge in [0.15, 0.2) is 5.96 Å². The Morgan fingerprint density at radius 1 is 1.27 bits per heavy atom. The molecule has 0 saturated heterocycles. The minimum absolute atomic E-state index is 0.110. The van der Waals surface area contributed by atoms with Gasteiger partial charge in [0.2, 0.25) is 5.91 Å². The molecule has 0 fully saturated rings. The summed E-state index contributed by atoms with van der Waals surface area (Å²) in [5.41, 5.74) is 1.79. The van der Waals surface area contributed by atoms with Crippen LogP contribution in [0.25, 0.3) is 0 Å². The minimum Gasteiger partial charge on any atom is -0.357 e. The van der Waals surface area contributed by atoms with Crippen molar-refractivity contribution in [1.29, 1.82) is 0 Å². The topological polar surface area (TPSA) is 83.3 Å². The van der Waals surface area contributed by atoms with Gasteiger partial charge in [-0.2, -0.15) is 5.10 Å². The van der Waals surface area contributed by atoms with Crippen LogP contribution in [0.3, 0.4) is 0 Å². The molecule has 2 aromatic rings. The molecule has 7 heteroatoms. The number of amides is 1. The minimum atomic E-state index is -0.110. The Kier molecular flexibility index (Phi) is 7.67. The first-order valence-corrected chi connectivity index (χ1v) is 8.95. The van der Waals surface area contributed by atoms with Crippen LogP contribution in [-0.4, -0.2) is 34.7 Å². The number of aromatic nitrogens is 2. The lowest BCUT2D eigenvalue weighted by atomic mass is 10.2. The summed E-state index contributed by atoms with van der Waals surface area (Å²) in [5, 5.41) is 13.5. The largest absolute Gasteiger partial charge is 0.357 e. The van der Waals surface area contributed by atoms with Crippen LogP contribution < -0.4 is 16.0 Å². The second-order valence-corrected chi connectivity index (χ2v) is 6.42. The molecule has 140 valence electrons. The maximum absolute atomic E-state index is 12.1. The van der Waals surface area contributed by atoms with Crippen LogP contribution in [0.5, 0.6) is 0 Å². The number of rotatable bonds is 8. The predicted octanol–water partition coefficient (Wildman–Crippen LogP) is 2.23. The second kappa shape index (κ2) is 10.2. The standard InChI is InChI=1S/C19H28N6O/c1-4-20-19(21-12-15(2)3)22-13-16-7-5-8-17(11-16)24-18(26)14-25-10-6-9-23-25/h5-11,15H,4,12-14H2,1-3H3,(H,24,26)(H2,20,21,22). The second-order valence-electron chi connectivity index (χ2n) is 6.42. The number of carbonyl (C=O) groups excluding carboxylic acids is 1. The normalized spacial score (nSPS) is 11.5. The first kappa shape index (κ1) is 19.5. The van der Waals surface area contributed by atoms with Crippen molar-refractivity contribution in [2.75, 3.05) is 18.4 Å². The molecule has 1 aromatic heterocycles. The van der Waals surface area contributed by atoms with Crippen molar-refractivity contribution < 1.29 is 4.79 Å². The van der Waals surface area contributed by atoms with Crippen LogP contribution in [-0.2, 0) is 17.9 Å². The van der Waals surface area contributed by atoms with E-state index in [1.807, 2.05) is 31.2 Å². The van der Waals surface area contributed by atoms with Gasteiger partial charge in [-0.1, -0.05) is 26.0 Å². The highest BCUT2D eigenvalue weighted by atomic mass is 16.2. The summed E-state index contributed by atoms with van der Waals surface area (Å²) in [6.45, 7) is 8.78. The van der Waals surface area contributed by atoms with Crippen LogP contribution in [0.2, 0.25) is 0 Å². The highest BCUT2D eigenvalue weighted by Crippen LogP contribution is 2.11. The molecule has 0 saturated carbocycles. The van der Waals surface area contributed by atoms with Crippen molar-refractivity contribution in [2.24, 2.45) is 10.9 Å². The molecular weight excluding hydrogens is 328 g/mol. The highest BCUT2D eigenvalue weighted by Gasteiger charge is 2.05. The van der Waals surface area contributed by atoms with Crippen LogP contribution >= 0.6 is 0 Å². The summed E-state index contributed by atoms with van der Waals surface area (Å²) >= 11 is 0. The molecule has 0 aliphatic rings. The SMILES string of the molecule is CCNC(=NCc1cccc(NC(=O)Cn2cccn2)c1)NCC(C)C. The Bertz CT molecular complexity index is 709. The number of carbonyl (C=O) groups is 1. The van der Waals surface area contributed by atoms with Crippen molar-refractivity contribution in [3.8, 4) is 0 Å². The van der Waals surface area contributed by atoms with Gasteiger partial charge in [0.1, 0.15) is 6.54 Å². The summed E-state index contributed by atoms with van der Waals surface area (Å²) < 4.78 is 1.59. The number of benzene rings is 1. The number of nitrogens with zero attached hydrogens (tertiary/aromatic N) is 3. The van der Waals surface area contributed by atoms with Gasteiger partial charge in [-0.3, -0.25) is 9.48 Å². The molecule has 0 bridgehead atoms. The lowest BCUT2D eigenvalue weighted by molar-refractivity contribution is -0.116. The Morgan fingerprint density at radius 2 is 2.12 bits per heavy atom. The summed E-state index contributed by atoms with van der Waals surface area (Å²) in [7, 11) is 0. The molecule has 26 heavy (non-hydrogen) atoms. The molecule has 0 atom stereocenters. The molecule has 1 aromatic carbocycles. The third kappa shape index (κ3) is 6.96. The first-order chi connectivity index (χ1) is 12.6. The Morgan fingerprint density at radius 3 is 2.81 bits per heavy atom. The lowest BCUT2D eigenvalue weighted by Gasteiger charge is -2.13. The zero-order valence-corrected chi connectivity index (χ0v) is 15.7. The molecule has 0 aliphatic heterocycles. The number of aliphatic imine (C=N–C) groups is 1. The van der Waals surface area contributed by atoms with Crippen LogP contribution in [0.15, 0.2) is 47.7 Å². The molecule has 0 aliphatic carbocycles. The molecule has 2 rings (SSSR count). The van der Waals surface area contributed by atoms with E-state index in [1.165, 1.54) is 0 Å². The van der Waals surface area contributed by atoms with Gasteiger partial charge >= 0.3 is 0 Å². The van der Waals surface area contributed by atoms with Gasteiger partial charge in [0.05, 0.1) is 6.54 Å². The van der Waals surface area contributed by atoms with E-state index >= 15 is 0 Å². The average Bonchev–Trinajstić information content (AvgIpc) is 3.10. The van der Waals surface area contributed by atoms with Gasteiger partial charge < -0.3 is 16.0 Å². The fourth-order valence-electron chi connectivity index (χ4n) is 2.30. The summed E-state index contributed by atoms with van der Waals surface area (Å²) in [6.07, 6.45) is 3.41. The van der Waals surface area contributed by atoms with E-state index in [1.54, 1.807) is 23.1 Å². The zero-order valence-electron chi connectivity index (χ0n) is 15.7. The number of anilines is 1. The first-order valence-electron chi connectivity index (χ1n) is 8.95. The van der Waals surface area contributed by atoms with Crippen molar-refractivity contribution in [2.45, 2.75) is 33.9 Å². The van der Waals surface area contributed by atoms with E-state index in [0.29, 0.717) is 12.5 Å². The van der Waals surface area contributed by atoms with E-state index in [9.17, 15) is 4.79 Å². The Labute approximate surface area is 154 Å².